The number of nitrogens with zero attached hydrogens (tertiary/aromatic N) is 2. The van der Waals surface area contributed by atoms with Gasteiger partial charge in [0.15, 0.2) is 0 Å². The molecule has 2 N–H and O–H groups in total. The van der Waals surface area contributed by atoms with Gasteiger partial charge in [0, 0.05) is 24.3 Å². The number of hydrogen-bond acceptors (Lipinski definition) is 4. The second-order valence-corrected chi connectivity index (χ2v) is 8.07. The third-order valence-corrected chi connectivity index (χ3v) is 4.35. The number of carbonyl (C=O) groups excluding carboxylic acids is 2. The van der Waals surface area contributed by atoms with Crippen LogP contribution >= 0.6 is 0 Å². The standard InChI is InChI=1S/C20H32N4O2/c1-16-8-5-6-9-17(16)21-18(25)14-23-10-7-11-24(13-12-23)15-19(26)22-20(2,3)4/h5-6,8-9H,7,10-15H2,1-4H3,(H,21,25)(H,22,26). The number of benzene rings is 1. The second kappa shape index (κ2) is 9.14. The van der Waals surface area contributed by atoms with Crippen molar-refractivity contribution in [2.75, 3.05) is 44.6 Å². The van der Waals surface area contributed by atoms with E-state index in [1.54, 1.807) is 0 Å². The summed E-state index contributed by atoms with van der Waals surface area (Å²) < 4.78 is 0. The van der Waals surface area contributed by atoms with Crippen LogP contribution in [0.4, 0.5) is 5.69 Å². The van der Waals surface area contributed by atoms with Crippen LogP contribution in [0.1, 0.15) is 32.8 Å². The number of rotatable bonds is 5. The van der Waals surface area contributed by atoms with Crippen molar-refractivity contribution in [3.05, 3.63) is 29.8 Å². The molecule has 1 aromatic carbocycles. The Hall–Kier alpha value is -1.92. The highest BCUT2D eigenvalue weighted by atomic mass is 16.2. The lowest BCUT2D eigenvalue weighted by atomic mass is 10.1. The minimum Gasteiger partial charge on any atom is -0.350 e. The van der Waals surface area contributed by atoms with Crippen molar-refractivity contribution in [3.8, 4) is 0 Å². The summed E-state index contributed by atoms with van der Waals surface area (Å²) >= 11 is 0. The molecular formula is C20H32N4O2. The van der Waals surface area contributed by atoms with Gasteiger partial charge in [0.05, 0.1) is 13.1 Å². The first-order valence-electron chi connectivity index (χ1n) is 9.34. The number of hydrogen-bond donors (Lipinski definition) is 2. The van der Waals surface area contributed by atoms with Gasteiger partial charge in [-0.15, -0.1) is 0 Å². The minimum absolute atomic E-state index is 0.0122. The fraction of sp³-hybridized carbons (Fsp3) is 0.600. The number of aryl methyl sites for hydroxylation is 1. The monoisotopic (exact) mass is 360 g/mol. The predicted octanol–water partition coefficient (Wildman–Crippen LogP) is 1.86. The van der Waals surface area contributed by atoms with Gasteiger partial charge < -0.3 is 10.6 Å². The number of para-hydroxylation sites is 1. The van der Waals surface area contributed by atoms with Crippen molar-refractivity contribution in [1.82, 2.24) is 15.1 Å². The van der Waals surface area contributed by atoms with E-state index in [4.69, 9.17) is 0 Å². The summed E-state index contributed by atoms with van der Waals surface area (Å²) in [5.41, 5.74) is 1.73. The summed E-state index contributed by atoms with van der Waals surface area (Å²) in [5, 5.41) is 5.99. The molecule has 0 bridgehead atoms. The van der Waals surface area contributed by atoms with Gasteiger partial charge in [-0.25, -0.2) is 0 Å². The first-order chi connectivity index (χ1) is 12.2. The third-order valence-electron chi connectivity index (χ3n) is 4.35. The SMILES string of the molecule is Cc1ccccc1NC(=O)CN1CCCN(CC(=O)NC(C)(C)C)CC1. The maximum atomic E-state index is 12.3. The summed E-state index contributed by atoms with van der Waals surface area (Å²) in [6.45, 7) is 12.1. The van der Waals surface area contributed by atoms with Gasteiger partial charge in [-0.2, -0.15) is 0 Å². The van der Waals surface area contributed by atoms with Gasteiger partial charge >= 0.3 is 0 Å². The molecule has 0 radical (unpaired) electrons. The first kappa shape index (κ1) is 20.4. The normalized spacial score (nSPS) is 16.8. The van der Waals surface area contributed by atoms with Crippen LogP contribution in [0.2, 0.25) is 0 Å². The smallest absolute Gasteiger partial charge is 0.238 e. The molecule has 1 fully saturated rings. The van der Waals surface area contributed by atoms with Gasteiger partial charge in [-0.1, -0.05) is 18.2 Å². The van der Waals surface area contributed by atoms with Crippen LogP contribution < -0.4 is 10.6 Å². The fourth-order valence-electron chi connectivity index (χ4n) is 3.11. The summed E-state index contributed by atoms with van der Waals surface area (Å²) in [6.07, 6.45) is 0.959. The Bertz CT molecular complexity index is 624. The number of nitrogens with one attached hydrogen (secondary N) is 2. The fourth-order valence-corrected chi connectivity index (χ4v) is 3.11. The first-order valence-corrected chi connectivity index (χ1v) is 9.34. The van der Waals surface area contributed by atoms with Crippen molar-refractivity contribution in [1.29, 1.82) is 0 Å². The molecule has 6 nitrogen and oxygen atoms in total. The van der Waals surface area contributed by atoms with E-state index in [0.717, 1.165) is 43.9 Å². The summed E-state index contributed by atoms with van der Waals surface area (Å²) in [7, 11) is 0. The van der Waals surface area contributed by atoms with E-state index < -0.39 is 0 Å². The molecule has 2 amide bonds. The van der Waals surface area contributed by atoms with Gasteiger partial charge in [0.1, 0.15) is 0 Å². The van der Waals surface area contributed by atoms with Gasteiger partial charge in [-0.05, 0) is 58.8 Å². The molecule has 144 valence electrons. The van der Waals surface area contributed by atoms with E-state index in [2.05, 4.69) is 20.4 Å². The molecule has 0 spiro atoms. The Labute approximate surface area is 156 Å². The van der Waals surface area contributed by atoms with E-state index in [0.29, 0.717) is 13.1 Å². The number of anilines is 1. The summed E-state index contributed by atoms with van der Waals surface area (Å²) in [5.74, 6) is 0.0708. The molecule has 0 unspecified atom stereocenters. The van der Waals surface area contributed by atoms with E-state index in [1.165, 1.54) is 0 Å². The molecule has 0 aliphatic carbocycles. The van der Waals surface area contributed by atoms with E-state index in [9.17, 15) is 9.59 Å². The Morgan fingerprint density at radius 1 is 0.962 bits per heavy atom. The van der Waals surface area contributed by atoms with E-state index >= 15 is 0 Å². The molecule has 0 atom stereocenters. The maximum Gasteiger partial charge on any atom is 0.238 e. The topological polar surface area (TPSA) is 64.7 Å². The van der Waals surface area contributed by atoms with Crippen LogP contribution in [-0.4, -0.2) is 66.4 Å². The Morgan fingerprint density at radius 3 is 2.12 bits per heavy atom. The van der Waals surface area contributed by atoms with Gasteiger partial charge in [0.2, 0.25) is 11.8 Å². The molecule has 1 aliphatic rings. The second-order valence-electron chi connectivity index (χ2n) is 8.07. The van der Waals surface area contributed by atoms with Gasteiger partial charge in [-0.3, -0.25) is 19.4 Å². The maximum absolute atomic E-state index is 12.3. The van der Waals surface area contributed by atoms with Crippen LogP contribution in [0.5, 0.6) is 0 Å². The Balaban J connectivity index is 1.78. The zero-order valence-corrected chi connectivity index (χ0v) is 16.5. The molecule has 26 heavy (non-hydrogen) atoms. The zero-order valence-electron chi connectivity index (χ0n) is 16.5. The highest BCUT2D eigenvalue weighted by molar-refractivity contribution is 5.92. The Morgan fingerprint density at radius 2 is 1.54 bits per heavy atom. The third kappa shape index (κ3) is 7.14. The van der Waals surface area contributed by atoms with Crippen LogP contribution in [0.15, 0.2) is 24.3 Å². The molecule has 1 heterocycles. The van der Waals surface area contributed by atoms with Crippen molar-refractivity contribution in [2.24, 2.45) is 0 Å². The predicted molar refractivity (Wildman–Crippen MR) is 105 cm³/mol. The van der Waals surface area contributed by atoms with Crippen molar-refractivity contribution in [2.45, 2.75) is 39.7 Å². The van der Waals surface area contributed by atoms with Crippen molar-refractivity contribution < 1.29 is 9.59 Å². The van der Waals surface area contributed by atoms with Crippen molar-refractivity contribution >= 4 is 17.5 Å². The van der Waals surface area contributed by atoms with Gasteiger partial charge in [0.25, 0.3) is 0 Å². The molecule has 2 rings (SSSR count). The number of carbonyl (C=O) groups is 2. The molecule has 1 saturated heterocycles. The van der Waals surface area contributed by atoms with Crippen molar-refractivity contribution in [3.63, 3.8) is 0 Å². The molecule has 0 aromatic heterocycles. The lowest BCUT2D eigenvalue weighted by molar-refractivity contribution is -0.123. The minimum atomic E-state index is -0.206. The highest BCUT2D eigenvalue weighted by Crippen LogP contribution is 2.13. The highest BCUT2D eigenvalue weighted by Gasteiger charge is 2.20. The lowest BCUT2D eigenvalue weighted by Crippen LogP contribution is -2.46. The van der Waals surface area contributed by atoms with Crippen LogP contribution in [0.25, 0.3) is 0 Å². The van der Waals surface area contributed by atoms with E-state index in [-0.39, 0.29) is 17.4 Å². The largest absolute Gasteiger partial charge is 0.350 e. The van der Waals surface area contributed by atoms with E-state index in [1.807, 2.05) is 52.0 Å². The molecular weight excluding hydrogens is 328 g/mol. The lowest BCUT2D eigenvalue weighted by Gasteiger charge is -2.25. The molecule has 6 heteroatoms. The summed E-state index contributed by atoms with van der Waals surface area (Å²) in [4.78, 5) is 28.8. The molecule has 1 aromatic rings. The van der Waals surface area contributed by atoms with Crippen LogP contribution in [0, 0.1) is 6.92 Å². The quantitative estimate of drug-likeness (QED) is 0.841. The summed E-state index contributed by atoms with van der Waals surface area (Å²) in [6, 6.07) is 7.80. The molecule has 1 aliphatic heterocycles. The molecule has 0 saturated carbocycles. The average Bonchev–Trinajstić information content (AvgIpc) is 2.73. The number of amides is 2. The zero-order chi connectivity index (χ0) is 19.2. The van der Waals surface area contributed by atoms with Crippen LogP contribution in [0.3, 0.4) is 0 Å². The van der Waals surface area contributed by atoms with Crippen LogP contribution in [-0.2, 0) is 9.59 Å². The average molecular weight is 361 g/mol. The Kier molecular flexibility index (Phi) is 7.17.